The van der Waals surface area contributed by atoms with Gasteiger partial charge < -0.3 is 4.74 Å². The van der Waals surface area contributed by atoms with E-state index >= 15 is 0 Å². The van der Waals surface area contributed by atoms with Gasteiger partial charge in [0, 0.05) is 17.3 Å². The molecule has 3 aromatic heterocycles. The fourth-order valence-corrected chi connectivity index (χ4v) is 5.04. The average Bonchev–Trinajstić information content (AvgIpc) is 3.64. The van der Waals surface area contributed by atoms with Gasteiger partial charge in [0.05, 0.1) is 16.8 Å². The molecule has 0 aliphatic carbocycles. The summed E-state index contributed by atoms with van der Waals surface area (Å²) >= 11 is 1.26. The van der Waals surface area contributed by atoms with E-state index in [4.69, 9.17) is 9.84 Å². The van der Waals surface area contributed by atoms with E-state index in [0.29, 0.717) is 21.9 Å². The Kier molecular flexibility index (Phi) is 6.56. The minimum absolute atomic E-state index is 0.259. The van der Waals surface area contributed by atoms with Crippen molar-refractivity contribution in [1.82, 2.24) is 24.4 Å². The highest BCUT2D eigenvalue weighted by molar-refractivity contribution is 7.15. The number of fused-ring (bicyclic) bond motifs is 1. The maximum Gasteiger partial charge on any atom is 0.291 e. The number of para-hydroxylation sites is 1. The van der Waals surface area contributed by atoms with Crippen LogP contribution in [0.4, 0.5) is 4.39 Å². The van der Waals surface area contributed by atoms with Crippen molar-refractivity contribution in [3.8, 4) is 22.7 Å². The molecule has 6 rings (SSSR count). The lowest BCUT2D eigenvalue weighted by atomic mass is 10.1. The SMILES string of the molecule is CCOc1cccc(-c2nn(-c3ccccc3)cc2/C=c2\sc3nc(/C=C/c4ccc(F)cc4)nn3c2=O)c1. The minimum Gasteiger partial charge on any atom is -0.494 e. The lowest BCUT2D eigenvalue weighted by Gasteiger charge is -2.05. The zero-order valence-corrected chi connectivity index (χ0v) is 21.7. The molecule has 0 aliphatic rings. The van der Waals surface area contributed by atoms with Gasteiger partial charge in [0.1, 0.15) is 17.3 Å². The normalized spacial score (nSPS) is 12.1. The zero-order chi connectivity index (χ0) is 26.8. The molecule has 7 nitrogen and oxygen atoms in total. The van der Waals surface area contributed by atoms with Crippen LogP contribution in [-0.4, -0.2) is 31.0 Å². The molecule has 0 spiro atoms. The molecule has 9 heteroatoms. The van der Waals surface area contributed by atoms with Gasteiger partial charge in [-0.3, -0.25) is 4.79 Å². The molecule has 0 radical (unpaired) electrons. The Balaban J connectivity index is 1.41. The summed E-state index contributed by atoms with van der Waals surface area (Å²) in [5.74, 6) is 0.853. The second-order valence-electron chi connectivity index (χ2n) is 8.64. The highest BCUT2D eigenvalue weighted by atomic mass is 32.1. The van der Waals surface area contributed by atoms with E-state index in [9.17, 15) is 9.18 Å². The number of ether oxygens (including phenoxy) is 1. The third kappa shape index (κ3) is 5.12. The van der Waals surface area contributed by atoms with Crippen molar-refractivity contribution in [1.29, 1.82) is 0 Å². The van der Waals surface area contributed by atoms with Gasteiger partial charge in [-0.25, -0.2) is 9.07 Å². The topological polar surface area (TPSA) is 74.3 Å². The Bertz CT molecular complexity index is 1910. The van der Waals surface area contributed by atoms with Crippen LogP contribution in [0.2, 0.25) is 0 Å². The number of benzene rings is 3. The summed E-state index contributed by atoms with van der Waals surface area (Å²) in [6.45, 7) is 2.50. The van der Waals surface area contributed by atoms with Gasteiger partial charge in [0.15, 0.2) is 5.82 Å². The summed E-state index contributed by atoms with van der Waals surface area (Å²) in [5, 5.41) is 9.21. The van der Waals surface area contributed by atoms with E-state index in [0.717, 1.165) is 33.8 Å². The van der Waals surface area contributed by atoms with Gasteiger partial charge in [0.25, 0.3) is 5.56 Å². The van der Waals surface area contributed by atoms with Crippen LogP contribution in [0.3, 0.4) is 0 Å². The molecule has 0 saturated heterocycles. The molecule has 0 aliphatic heterocycles. The summed E-state index contributed by atoms with van der Waals surface area (Å²) in [7, 11) is 0. The number of thiazole rings is 1. The predicted molar refractivity (Wildman–Crippen MR) is 151 cm³/mol. The smallest absolute Gasteiger partial charge is 0.291 e. The Morgan fingerprint density at radius 1 is 0.974 bits per heavy atom. The number of rotatable bonds is 7. The molecule has 3 heterocycles. The maximum atomic E-state index is 13.2. The van der Waals surface area contributed by atoms with Crippen LogP contribution in [0.15, 0.2) is 89.9 Å². The lowest BCUT2D eigenvalue weighted by Crippen LogP contribution is -2.23. The van der Waals surface area contributed by atoms with Crippen molar-refractivity contribution in [3.63, 3.8) is 0 Å². The molecule has 192 valence electrons. The second kappa shape index (κ2) is 10.5. The van der Waals surface area contributed by atoms with E-state index in [1.165, 1.54) is 28.0 Å². The van der Waals surface area contributed by atoms with Gasteiger partial charge in [-0.1, -0.05) is 59.9 Å². The van der Waals surface area contributed by atoms with E-state index < -0.39 is 0 Å². The second-order valence-corrected chi connectivity index (χ2v) is 9.65. The number of hydrogen-bond donors (Lipinski definition) is 0. The summed E-state index contributed by atoms with van der Waals surface area (Å²) in [6.07, 6.45) is 7.21. The van der Waals surface area contributed by atoms with E-state index in [-0.39, 0.29) is 11.4 Å². The van der Waals surface area contributed by atoms with Crippen molar-refractivity contribution < 1.29 is 9.13 Å². The third-order valence-electron chi connectivity index (χ3n) is 5.96. The first kappa shape index (κ1) is 24.4. The standard InChI is InChI=1S/C30H22FN5O2S/c1-2-38-25-10-6-7-21(17-25)28-22(19-35(34-28)24-8-4-3-5-9-24)18-26-29(37)36-30(39-26)32-27(33-36)16-13-20-11-14-23(31)15-12-20/h3-19H,2H2,1H3/b16-13+,26-18-. The number of hydrogen-bond acceptors (Lipinski definition) is 6. The van der Waals surface area contributed by atoms with Gasteiger partial charge in [0.2, 0.25) is 4.96 Å². The van der Waals surface area contributed by atoms with Crippen LogP contribution in [0.25, 0.3) is 40.1 Å². The first-order valence-corrected chi connectivity index (χ1v) is 13.1. The maximum absolute atomic E-state index is 13.2. The van der Waals surface area contributed by atoms with Crippen LogP contribution in [0.5, 0.6) is 5.75 Å². The fraction of sp³-hybridized carbons (Fsp3) is 0.0667. The van der Waals surface area contributed by atoms with E-state index in [2.05, 4.69) is 10.1 Å². The molecule has 0 atom stereocenters. The highest BCUT2D eigenvalue weighted by Crippen LogP contribution is 2.27. The van der Waals surface area contributed by atoms with Gasteiger partial charge >= 0.3 is 0 Å². The van der Waals surface area contributed by atoms with Crippen molar-refractivity contribution in [3.05, 3.63) is 123 Å². The molecular weight excluding hydrogens is 513 g/mol. The van der Waals surface area contributed by atoms with Crippen LogP contribution >= 0.6 is 11.3 Å². The molecule has 0 fully saturated rings. The van der Waals surface area contributed by atoms with E-state index in [1.807, 2.05) is 73.8 Å². The first-order valence-electron chi connectivity index (χ1n) is 12.3. The Labute approximate surface area is 226 Å². The van der Waals surface area contributed by atoms with Gasteiger partial charge in [-0.05, 0) is 61.0 Å². The number of nitrogens with zero attached hydrogens (tertiary/aromatic N) is 5. The predicted octanol–water partition coefficient (Wildman–Crippen LogP) is 5.26. The molecule has 0 saturated carbocycles. The van der Waals surface area contributed by atoms with Crippen LogP contribution in [-0.2, 0) is 0 Å². The van der Waals surface area contributed by atoms with Crippen molar-refractivity contribution >= 4 is 34.5 Å². The summed E-state index contributed by atoms with van der Waals surface area (Å²) in [6, 6.07) is 23.6. The number of halogens is 1. The molecule has 0 N–H and O–H groups in total. The Morgan fingerprint density at radius 2 is 1.79 bits per heavy atom. The molecule has 39 heavy (non-hydrogen) atoms. The van der Waals surface area contributed by atoms with Crippen molar-refractivity contribution in [2.75, 3.05) is 6.61 Å². The molecular formula is C30H22FN5O2S. The van der Waals surface area contributed by atoms with Gasteiger partial charge in [-0.2, -0.15) is 14.6 Å². The van der Waals surface area contributed by atoms with E-state index in [1.54, 1.807) is 29.0 Å². The molecule has 0 amide bonds. The lowest BCUT2D eigenvalue weighted by molar-refractivity contribution is 0.340. The molecule has 3 aromatic carbocycles. The van der Waals surface area contributed by atoms with Crippen LogP contribution < -0.4 is 14.8 Å². The highest BCUT2D eigenvalue weighted by Gasteiger charge is 2.14. The average molecular weight is 536 g/mol. The molecule has 0 unspecified atom stereocenters. The van der Waals surface area contributed by atoms with Crippen LogP contribution in [0.1, 0.15) is 23.9 Å². The minimum atomic E-state index is -0.299. The molecule has 6 aromatic rings. The molecule has 0 bridgehead atoms. The largest absolute Gasteiger partial charge is 0.494 e. The zero-order valence-electron chi connectivity index (χ0n) is 20.9. The summed E-state index contributed by atoms with van der Waals surface area (Å²) in [5.41, 5.74) is 3.84. The fourth-order valence-electron chi connectivity index (χ4n) is 4.14. The first-order chi connectivity index (χ1) is 19.1. The number of aromatic nitrogens is 5. The van der Waals surface area contributed by atoms with Crippen molar-refractivity contribution in [2.24, 2.45) is 0 Å². The van der Waals surface area contributed by atoms with Gasteiger partial charge in [-0.15, -0.1) is 5.10 Å². The quantitative estimate of drug-likeness (QED) is 0.279. The Hall–Kier alpha value is -4.89. The van der Waals surface area contributed by atoms with Crippen molar-refractivity contribution in [2.45, 2.75) is 6.92 Å². The summed E-state index contributed by atoms with van der Waals surface area (Å²) in [4.78, 5) is 18.2. The monoisotopic (exact) mass is 535 g/mol. The summed E-state index contributed by atoms with van der Waals surface area (Å²) < 4.78 is 22.4. The Morgan fingerprint density at radius 3 is 2.56 bits per heavy atom. The van der Waals surface area contributed by atoms with Crippen LogP contribution in [0, 0.1) is 5.82 Å². The third-order valence-corrected chi connectivity index (χ3v) is 6.92.